The maximum Gasteiger partial charge on any atom is 0.318 e. The van der Waals surface area contributed by atoms with E-state index < -0.39 is 0 Å². The van der Waals surface area contributed by atoms with Crippen LogP contribution < -0.4 is 5.32 Å². The van der Waals surface area contributed by atoms with Crippen LogP contribution in [0.5, 0.6) is 0 Å². The molecule has 1 N–H and O–H groups in total. The molecule has 3 fully saturated rings. The first-order valence-corrected chi connectivity index (χ1v) is 9.46. The fourth-order valence-corrected chi connectivity index (χ4v) is 3.80. The maximum atomic E-state index is 12.5. The summed E-state index contributed by atoms with van der Waals surface area (Å²) < 4.78 is 12.0. The van der Waals surface area contributed by atoms with Crippen molar-refractivity contribution in [2.45, 2.75) is 56.9 Å². The number of hydrogen-bond acceptors (Lipinski definition) is 4. The van der Waals surface area contributed by atoms with Crippen LogP contribution in [0, 0.1) is 5.92 Å². The molecule has 3 atom stereocenters. The fourth-order valence-electron chi connectivity index (χ4n) is 3.80. The second kappa shape index (κ2) is 7.70. The summed E-state index contributed by atoms with van der Waals surface area (Å²) in [6.07, 6.45) is 9.40. The van der Waals surface area contributed by atoms with Gasteiger partial charge in [-0.3, -0.25) is 4.98 Å². The molecule has 25 heavy (non-hydrogen) atoms. The van der Waals surface area contributed by atoms with Crippen LogP contribution in [0.2, 0.25) is 0 Å². The molecule has 0 spiro atoms. The number of urea groups is 1. The number of nitrogens with zero attached hydrogens (tertiary/aromatic N) is 2. The zero-order chi connectivity index (χ0) is 17.1. The van der Waals surface area contributed by atoms with Crippen molar-refractivity contribution >= 4 is 6.03 Å². The van der Waals surface area contributed by atoms with E-state index in [0.717, 1.165) is 43.9 Å². The summed E-state index contributed by atoms with van der Waals surface area (Å²) >= 11 is 0. The van der Waals surface area contributed by atoms with E-state index in [0.29, 0.717) is 13.2 Å². The van der Waals surface area contributed by atoms with Crippen molar-refractivity contribution in [1.82, 2.24) is 15.2 Å². The topological polar surface area (TPSA) is 63.7 Å². The number of likely N-dealkylation sites (tertiary alicyclic amines) is 1. The minimum Gasteiger partial charge on any atom is -0.378 e. The highest BCUT2D eigenvalue weighted by atomic mass is 16.5. The molecule has 1 aromatic heterocycles. The third-order valence-electron chi connectivity index (χ3n) is 5.42. The predicted octanol–water partition coefficient (Wildman–Crippen LogP) is 2.34. The Morgan fingerprint density at radius 1 is 1.28 bits per heavy atom. The molecular formula is C19H27N3O3. The number of carbonyl (C=O) groups is 1. The van der Waals surface area contributed by atoms with Gasteiger partial charge in [-0.25, -0.2) is 4.79 Å². The number of ether oxygens (including phenoxy) is 2. The number of aromatic nitrogens is 1. The van der Waals surface area contributed by atoms with Gasteiger partial charge in [-0.05, 0) is 49.7 Å². The van der Waals surface area contributed by atoms with Crippen LogP contribution in [0.4, 0.5) is 4.79 Å². The Kier molecular flexibility index (Phi) is 5.17. The van der Waals surface area contributed by atoms with E-state index in [1.165, 1.54) is 12.8 Å². The molecule has 3 heterocycles. The molecule has 136 valence electrons. The van der Waals surface area contributed by atoms with Gasteiger partial charge in [0.2, 0.25) is 0 Å². The van der Waals surface area contributed by atoms with Crippen LogP contribution in [0.1, 0.15) is 37.7 Å². The average Bonchev–Trinajstić information content (AvgIpc) is 3.37. The third-order valence-corrected chi connectivity index (χ3v) is 5.42. The second-order valence-electron chi connectivity index (χ2n) is 7.42. The Bertz CT molecular complexity index is 579. The van der Waals surface area contributed by atoms with E-state index in [4.69, 9.17) is 9.47 Å². The SMILES string of the molecule is O=C(NCc1cccnc1)N1CC[C@@H]2OC(COCC3CC3)CC[C@@H]21. The number of rotatable bonds is 6. The lowest BCUT2D eigenvalue weighted by molar-refractivity contribution is -0.0967. The Morgan fingerprint density at radius 2 is 2.20 bits per heavy atom. The van der Waals surface area contributed by atoms with Gasteiger partial charge in [0, 0.05) is 32.1 Å². The van der Waals surface area contributed by atoms with Crippen molar-refractivity contribution in [3.05, 3.63) is 30.1 Å². The van der Waals surface area contributed by atoms with Crippen LogP contribution in [-0.2, 0) is 16.0 Å². The number of nitrogens with one attached hydrogen (secondary N) is 1. The molecule has 3 aliphatic rings. The summed E-state index contributed by atoms with van der Waals surface area (Å²) in [5.41, 5.74) is 1.01. The zero-order valence-electron chi connectivity index (χ0n) is 14.6. The molecule has 2 saturated heterocycles. The normalized spacial score (nSPS) is 28.6. The molecule has 1 aliphatic carbocycles. The standard InChI is InChI=1S/C19H27N3O3/c23-19(21-11-15-2-1-8-20-10-15)22-9-7-18-17(22)6-5-16(25-18)13-24-12-14-3-4-14/h1-2,8,10,14,16-18H,3-7,9,11-13H2,(H,21,23)/t16?,17-,18-/m0/s1. The molecule has 0 aromatic carbocycles. The van der Waals surface area contributed by atoms with Gasteiger partial charge >= 0.3 is 6.03 Å². The van der Waals surface area contributed by atoms with Crippen LogP contribution in [0.3, 0.4) is 0 Å². The van der Waals surface area contributed by atoms with Crippen LogP contribution >= 0.6 is 0 Å². The highest BCUT2D eigenvalue weighted by molar-refractivity contribution is 5.75. The molecule has 1 aromatic rings. The van der Waals surface area contributed by atoms with Crippen molar-refractivity contribution in [2.75, 3.05) is 19.8 Å². The molecule has 0 bridgehead atoms. The highest BCUT2D eigenvalue weighted by Gasteiger charge is 2.42. The van der Waals surface area contributed by atoms with Gasteiger partial charge in [-0.1, -0.05) is 6.07 Å². The lowest BCUT2D eigenvalue weighted by Gasteiger charge is -2.35. The number of hydrogen-bond donors (Lipinski definition) is 1. The Hall–Kier alpha value is -1.66. The molecule has 2 amide bonds. The smallest absolute Gasteiger partial charge is 0.318 e. The molecular weight excluding hydrogens is 318 g/mol. The van der Waals surface area contributed by atoms with Gasteiger partial charge in [0.05, 0.1) is 24.9 Å². The molecule has 4 rings (SSSR count). The molecule has 0 radical (unpaired) electrons. The van der Waals surface area contributed by atoms with Crippen molar-refractivity contribution in [3.8, 4) is 0 Å². The minimum atomic E-state index is 0.00314. The Morgan fingerprint density at radius 3 is 3.00 bits per heavy atom. The average molecular weight is 345 g/mol. The number of carbonyl (C=O) groups excluding carboxylic acids is 1. The van der Waals surface area contributed by atoms with Gasteiger partial charge in [0.1, 0.15) is 0 Å². The first-order valence-electron chi connectivity index (χ1n) is 9.46. The van der Waals surface area contributed by atoms with Gasteiger partial charge in [0.15, 0.2) is 0 Å². The monoisotopic (exact) mass is 345 g/mol. The van der Waals surface area contributed by atoms with Crippen molar-refractivity contribution in [2.24, 2.45) is 5.92 Å². The van der Waals surface area contributed by atoms with Crippen molar-refractivity contribution in [3.63, 3.8) is 0 Å². The Labute approximate surface area is 148 Å². The Balaban J connectivity index is 1.23. The van der Waals surface area contributed by atoms with Gasteiger partial charge in [-0.15, -0.1) is 0 Å². The largest absolute Gasteiger partial charge is 0.378 e. The summed E-state index contributed by atoms with van der Waals surface area (Å²) in [6.45, 7) is 2.87. The fraction of sp³-hybridized carbons (Fsp3) is 0.684. The summed E-state index contributed by atoms with van der Waals surface area (Å²) in [7, 11) is 0. The van der Waals surface area contributed by atoms with E-state index in [-0.39, 0.29) is 24.3 Å². The second-order valence-corrected chi connectivity index (χ2v) is 7.42. The van der Waals surface area contributed by atoms with Crippen LogP contribution in [0.25, 0.3) is 0 Å². The van der Waals surface area contributed by atoms with E-state index in [1.54, 1.807) is 12.4 Å². The predicted molar refractivity (Wildman–Crippen MR) is 93.0 cm³/mol. The number of fused-ring (bicyclic) bond motifs is 1. The molecule has 6 heteroatoms. The van der Waals surface area contributed by atoms with Crippen molar-refractivity contribution < 1.29 is 14.3 Å². The van der Waals surface area contributed by atoms with E-state index in [1.807, 2.05) is 17.0 Å². The van der Waals surface area contributed by atoms with E-state index >= 15 is 0 Å². The zero-order valence-corrected chi connectivity index (χ0v) is 14.6. The minimum absolute atomic E-state index is 0.00314. The summed E-state index contributed by atoms with van der Waals surface area (Å²) in [5, 5.41) is 3.01. The summed E-state index contributed by atoms with van der Waals surface area (Å²) in [6, 6.07) is 4.06. The molecule has 1 saturated carbocycles. The van der Waals surface area contributed by atoms with Crippen molar-refractivity contribution in [1.29, 1.82) is 0 Å². The van der Waals surface area contributed by atoms with Gasteiger partial charge in [-0.2, -0.15) is 0 Å². The van der Waals surface area contributed by atoms with E-state index in [9.17, 15) is 4.79 Å². The number of amides is 2. The summed E-state index contributed by atoms with van der Waals surface area (Å²) in [5.74, 6) is 0.793. The van der Waals surface area contributed by atoms with Crippen LogP contribution in [0.15, 0.2) is 24.5 Å². The van der Waals surface area contributed by atoms with Gasteiger partial charge in [0.25, 0.3) is 0 Å². The van der Waals surface area contributed by atoms with Gasteiger partial charge < -0.3 is 19.7 Å². The third kappa shape index (κ3) is 4.30. The lowest BCUT2D eigenvalue weighted by Crippen LogP contribution is -2.49. The first kappa shape index (κ1) is 16.8. The quantitative estimate of drug-likeness (QED) is 0.859. The summed E-state index contributed by atoms with van der Waals surface area (Å²) in [4.78, 5) is 18.5. The lowest BCUT2D eigenvalue weighted by atomic mass is 9.99. The molecule has 2 aliphatic heterocycles. The van der Waals surface area contributed by atoms with Crippen LogP contribution in [-0.4, -0.2) is 53.9 Å². The molecule has 1 unspecified atom stereocenters. The van der Waals surface area contributed by atoms with E-state index in [2.05, 4.69) is 10.3 Å². The first-order chi connectivity index (χ1) is 12.3. The highest BCUT2D eigenvalue weighted by Crippen LogP contribution is 2.32. The maximum absolute atomic E-state index is 12.5. The molecule has 6 nitrogen and oxygen atoms in total. The number of pyridine rings is 1.